The number of halogens is 1. The van der Waals surface area contributed by atoms with E-state index < -0.39 is 0 Å². The molecule has 4 aliphatic carbocycles. The third-order valence-electron chi connectivity index (χ3n) is 10.1. The molecule has 0 bridgehead atoms. The zero-order chi connectivity index (χ0) is 20.8. The second-order valence-electron chi connectivity index (χ2n) is 11.4. The Labute approximate surface area is 192 Å². The molecule has 0 aromatic carbocycles. The highest BCUT2D eigenvalue weighted by molar-refractivity contribution is 6.18. The molecule has 2 heterocycles. The molecular formula is C26H40ClN3O. The van der Waals surface area contributed by atoms with Gasteiger partial charge in [-0.05, 0) is 68.6 Å². The summed E-state index contributed by atoms with van der Waals surface area (Å²) in [5.41, 5.74) is 0. The van der Waals surface area contributed by atoms with Gasteiger partial charge in [-0.3, -0.25) is 4.90 Å². The summed E-state index contributed by atoms with van der Waals surface area (Å²) in [7, 11) is 0. The van der Waals surface area contributed by atoms with E-state index in [9.17, 15) is 0 Å². The fourth-order valence-corrected chi connectivity index (χ4v) is 9.01. The topological polar surface area (TPSA) is 42.2 Å². The number of rotatable bonds is 4. The summed E-state index contributed by atoms with van der Waals surface area (Å²) in [6.07, 6.45) is 19.0. The summed E-state index contributed by atoms with van der Waals surface area (Å²) >= 11 is 6.22. The van der Waals surface area contributed by atoms with Gasteiger partial charge in [0.25, 0.3) is 0 Å². The summed E-state index contributed by atoms with van der Waals surface area (Å²) in [4.78, 5) is 2.81. The van der Waals surface area contributed by atoms with Crippen LogP contribution in [-0.4, -0.2) is 39.6 Å². The zero-order valence-corrected chi connectivity index (χ0v) is 19.8. The van der Waals surface area contributed by atoms with E-state index in [4.69, 9.17) is 16.0 Å². The van der Waals surface area contributed by atoms with Crippen LogP contribution in [0.4, 0.5) is 0 Å². The molecule has 5 aliphatic rings. The number of nitrogens with zero attached hydrogens (tertiary/aromatic N) is 3. The fraction of sp³-hybridized carbons (Fsp3) is 0.923. The second kappa shape index (κ2) is 8.97. The molecule has 8 atom stereocenters. The van der Waals surface area contributed by atoms with Crippen LogP contribution in [0.1, 0.15) is 114 Å². The van der Waals surface area contributed by atoms with Crippen molar-refractivity contribution in [3.63, 3.8) is 0 Å². The van der Waals surface area contributed by atoms with Gasteiger partial charge >= 0.3 is 0 Å². The van der Waals surface area contributed by atoms with Gasteiger partial charge in [0.05, 0.1) is 0 Å². The Morgan fingerprint density at radius 2 is 1.48 bits per heavy atom. The van der Waals surface area contributed by atoms with Gasteiger partial charge < -0.3 is 4.42 Å². The van der Waals surface area contributed by atoms with E-state index in [-0.39, 0.29) is 0 Å². The van der Waals surface area contributed by atoms with Crippen molar-refractivity contribution in [1.29, 1.82) is 0 Å². The van der Waals surface area contributed by atoms with E-state index in [0.29, 0.717) is 11.8 Å². The quantitative estimate of drug-likeness (QED) is 0.495. The van der Waals surface area contributed by atoms with E-state index in [0.717, 1.165) is 60.0 Å². The molecule has 5 fully saturated rings. The van der Waals surface area contributed by atoms with Crippen LogP contribution in [0, 0.1) is 23.7 Å². The molecule has 31 heavy (non-hydrogen) atoms. The summed E-state index contributed by atoms with van der Waals surface area (Å²) in [5.74, 6) is 7.12. The van der Waals surface area contributed by atoms with Crippen molar-refractivity contribution in [2.45, 2.75) is 114 Å². The molecule has 1 aromatic rings. The molecule has 0 N–H and O–H groups in total. The molecule has 0 spiro atoms. The molecule has 172 valence electrons. The van der Waals surface area contributed by atoms with Gasteiger partial charge in [-0.1, -0.05) is 44.9 Å². The Kier molecular flexibility index (Phi) is 6.06. The monoisotopic (exact) mass is 445 g/mol. The first kappa shape index (κ1) is 21.0. The third-order valence-corrected chi connectivity index (χ3v) is 10.3. The first-order valence-corrected chi connectivity index (χ1v) is 14.0. The van der Waals surface area contributed by atoms with Crippen LogP contribution in [-0.2, 0) is 0 Å². The van der Waals surface area contributed by atoms with Crippen molar-refractivity contribution >= 4 is 11.6 Å². The molecule has 5 heteroatoms. The van der Waals surface area contributed by atoms with Gasteiger partial charge in [-0.25, -0.2) is 0 Å². The highest BCUT2D eigenvalue weighted by Gasteiger charge is 2.51. The van der Waals surface area contributed by atoms with E-state index in [1.54, 1.807) is 0 Å². The SMILES string of the molecule is ClCCN1C2CCCCC2C2CC(c3nnc(C4CCCC5CCCCC54)o3)CCC21. The molecule has 1 aromatic heterocycles. The number of hydrogen-bond acceptors (Lipinski definition) is 4. The van der Waals surface area contributed by atoms with E-state index >= 15 is 0 Å². The second-order valence-corrected chi connectivity index (χ2v) is 11.8. The Morgan fingerprint density at radius 1 is 0.742 bits per heavy atom. The molecule has 1 aliphatic heterocycles. The molecule has 1 saturated heterocycles. The smallest absolute Gasteiger partial charge is 0.219 e. The van der Waals surface area contributed by atoms with Gasteiger partial charge in [-0.15, -0.1) is 21.8 Å². The number of hydrogen-bond donors (Lipinski definition) is 0. The maximum absolute atomic E-state index is 6.51. The number of fused-ring (bicyclic) bond motifs is 4. The Hall–Kier alpha value is -0.610. The number of aromatic nitrogens is 2. The van der Waals surface area contributed by atoms with Gasteiger partial charge in [0.15, 0.2) is 0 Å². The van der Waals surface area contributed by atoms with Crippen LogP contribution in [0.2, 0.25) is 0 Å². The summed E-state index contributed by atoms with van der Waals surface area (Å²) < 4.78 is 6.51. The number of likely N-dealkylation sites (tertiary alicyclic amines) is 1. The predicted octanol–water partition coefficient (Wildman–Crippen LogP) is 6.51. The minimum absolute atomic E-state index is 0.478. The molecule has 4 nitrogen and oxygen atoms in total. The lowest BCUT2D eigenvalue weighted by Gasteiger charge is -2.39. The fourth-order valence-electron chi connectivity index (χ4n) is 8.82. The highest BCUT2D eigenvalue weighted by Crippen LogP contribution is 2.53. The largest absolute Gasteiger partial charge is 0.425 e. The molecule has 6 rings (SSSR count). The molecule has 0 radical (unpaired) electrons. The zero-order valence-electron chi connectivity index (χ0n) is 19.1. The molecular weight excluding hydrogens is 406 g/mol. The van der Waals surface area contributed by atoms with Crippen molar-refractivity contribution in [2.24, 2.45) is 23.7 Å². The Balaban J connectivity index is 1.18. The van der Waals surface area contributed by atoms with Crippen LogP contribution >= 0.6 is 11.6 Å². The van der Waals surface area contributed by atoms with Crippen molar-refractivity contribution in [2.75, 3.05) is 12.4 Å². The lowest BCUT2D eigenvalue weighted by Crippen LogP contribution is -2.41. The van der Waals surface area contributed by atoms with Crippen LogP contribution in [0.15, 0.2) is 4.42 Å². The number of alkyl halides is 1. The van der Waals surface area contributed by atoms with Crippen LogP contribution in [0.25, 0.3) is 0 Å². The van der Waals surface area contributed by atoms with Gasteiger partial charge in [-0.2, -0.15) is 0 Å². The van der Waals surface area contributed by atoms with Crippen molar-refractivity contribution in [3.05, 3.63) is 11.8 Å². The summed E-state index contributed by atoms with van der Waals surface area (Å²) in [5, 5.41) is 9.35. The lowest BCUT2D eigenvalue weighted by atomic mass is 9.65. The molecule has 0 amide bonds. The first-order valence-electron chi connectivity index (χ1n) is 13.5. The highest BCUT2D eigenvalue weighted by atomic mass is 35.5. The van der Waals surface area contributed by atoms with Gasteiger partial charge in [0, 0.05) is 36.3 Å². The van der Waals surface area contributed by atoms with E-state index in [2.05, 4.69) is 15.1 Å². The average molecular weight is 446 g/mol. The van der Waals surface area contributed by atoms with Crippen LogP contribution < -0.4 is 0 Å². The van der Waals surface area contributed by atoms with Crippen LogP contribution in [0.5, 0.6) is 0 Å². The van der Waals surface area contributed by atoms with E-state index in [1.165, 1.54) is 89.9 Å². The average Bonchev–Trinajstić information content (AvgIpc) is 3.43. The Bertz CT molecular complexity index is 751. The minimum Gasteiger partial charge on any atom is -0.425 e. The van der Waals surface area contributed by atoms with Crippen molar-refractivity contribution < 1.29 is 4.42 Å². The van der Waals surface area contributed by atoms with Gasteiger partial charge in [0.2, 0.25) is 11.8 Å². The van der Waals surface area contributed by atoms with Crippen molar-refractivity contribution in [1.82, 2.24) is 15.1 Å². The predicted molar refractivity (Wildman–Crippen MR) is 123 cm³/mol. The maximum Gasteiger partial charge on any atom is 0.219 e. The van der Waals surface area contributed by atoms with E-state index in [1.807, 2.05) is 0 Å². The van der Waals surface area contributed by atoms with Crippen molar-refractivity contribution in [3.8, 4) is 0 Å². The maximum atomic E-state index is 6.51. The molecule has 8 unspecified atom stereocenters. The third kappa shape index (κ3) is 3.78. The standard InChI is InChI=1S/C26H40ClN3O/c27-14-15-30-23-11-4-3-9-20(23)22-16-18(12-13-24(22)30)25-28-29-26(31-25)21-10-5-7-17-6-1-2-8-19(17)21/h17-24H,1-16H2. The molecule has 4 saturated carbocycles. The van der Waals surface area contributed by atoms with Crippen LogP contribution in [0.3, 0.4) is 0 Å². The summed E-state index contributed by atoms with van der Waals surface area (Å²) in [6.45, 7) is 1.07. The van der Waals surface area contributed by atoms with Gasteiger partial charge in [0.1, 0.15) is 0 Å². The Morgan fingerprint density at radius 3 is 2.39 bits per heavy atom. The normalized spacial score (nSPS) is 43.3. The first-order chi connectivity index (χ1) is 15.3. The summed E-state index contributed by atoms with van der Waals surface area (Å²) in [6, 6.07) is 1.52. The minimum atomic E-state index is 0.478. The lowest BCUT2D eigenvalue weighted by molar-refractivity contribution is 0.125.